The van der Waals surface area contributed by atoms with Crippen molar-refractivity contribution in [2.75, 3.05) is 26.8 Å². The third-order valence-electron chi connectivity index (χ3n) is 3.89. The third kappa shape index (κ3) is 3.29. The number of carbonyl (C=O) groups is 2. The van der Waals surface area contributed by atoms with Gasteiger partial charge in [-0.05, 0) is 24.3 Å². The van der Waals surface area contributed by atoms with Gasteiger partial charge in [0.25, 0.3) is 5.91 Å². The van der Waals surface area contributed by atoms with E-state index >= 15 is 0 Å². The van der Waals surface area contributed by atoms with Gasteiger partial charge in [0.05, 0.1) is 26.2 Å². The Hall–Kier alpha value is -2.54. The summed E-state index contributed by atoms with van der Waals surface area (Å²) in [7, 11) is 1.59. The summed E-state index contributed by atoms with van der Waals surface area (Å²) in [6, 6.07) is 7.32. The van der Waals surface area contributed by atoms with Crippen molar-refractivity contribution in [3.63, 3.8) is 0 Å². The quantitative estimate of drug-likeness (QED) is 0.891. The molecule has 7 nitrogen and oxygen atoms in total. The fourth-order valence-corrected chi connectivity index (χ4v) is 2.75. The van der Waals surface area contributed by atoms with Crippen LogP contribution in [0.25, 0.3) is 10.9 Å². The molecule has 122 valence electrons. The lowest BCUT2D eigenvalue weighted by molar-refractivity contribution is -0.141. The summed E-state index contributed by atoms with van der Waals surface area (Å²) >= 11 is 0. The normalized spacial score (nSPS) is 18.1. The van der Waals surface area contributed by atoms with Crippen LogP contribution in [0.15, 0.2) is 24.3 Å². The van der Waals surface area contributed by atoms with E-state index < -0.39 is 12.1 Å². The molecule has 0 bridgehead atoms. The Balaban J connectivity index is 1.78. The molecule has 1 saturated heterocycles. The van der Waals surface area contributed by atoms with Gasteiger partial charge >= 0.3 is 5.97 Å². The van der Waals surface area contributed by atoms with Gasteiger partial charge in [-0.3, -0.25) is 9.59 Å². The summed E-state index contributed by atoms with van der Waals surface area (Å²) in [4.78, 5) is 28.1. The van der Waals surface area contributed by atoms with Crippen molar-refractivity contribution in [1.82, 2.24) is 9.88 Å². The molecule has 2 N–H and O–H groups in total. The molecule has 3 rings (SSSR count). The van der Waals surface area contributed by atoms with E-state index in [1.54, 1.807) is 18.1 Å². The van der Waals surface area contributed by atoms with Crippen molar-refractivity contribution in [1.29, 1.82) is 0 Å². The summed E-state index contributed by atoms with van der Waals surface area (Å²) in [5.41, 5.74) is 1.33. The predicted molar refractivity (Wildman–Crippen MR) is 82.7 cm³/mol. The average molecular weight is 318 g/mol. The number of H-pyrrole nitrogens is 1. The van der Waals surface area contributed by atoms with Crippen molar-refractivity contribution in [3.8, 4) is 5.75 Å². The van der Waals surface area contributed by atoms with Crippen LogP contribution in [0.3, 0.4) is 0 Å². The van der Waals surface area contributed by atoms with Crippen LogP contribution in [0.4, 0.5) is 0 Å². The molecule has 1 aromatic heterocycles. The second kappa shape index (κ2) is 6.29. The van der Waals surface area contributed by atoms with Gasteiger partial charge < -0.3 is 24.5 Å². The highest BCUT2D eigenvalue weighted by Gasteiger charge is 2.27. The van der Waals surface area contributed by atoms with Crippen LogP contribution >= 0.6 is 0 Å². The Morgan fingerprint density at radius 3 is 3.00 bits per heavy atom. The standard InChI is InChI=1S/C16H18N2O5/c1-22-11-2-3-13-10(6-11)7-14(17-13)16(21)18-4-5-23-12(9-18)8-15(19)20/h2-3,6-7,12,17H,4-5,8-9H2,1H3,(H,19,20). The SMILES string of the molecule is COc1ccc2[nH]c(C(=O)N3CCOC(CC(=O)O)C3)cc2c1. The van der Waals surface area contributed by atoms with Gasteiger partial charge in [0.2, 0.25) is 0 Å². The van der Waals surface area contributed by atoms with Crippen LogP contribution in [0.1, 0.15) is 16.9 Å². The highest BCUT2D eigenvalue weighted by molar-refractivity contribution is 5.98. The van der Waals surface area contributed by atoms with E-state index in [0.29, 0.717) is 18.8 Å². The van der Waals surface area contributed by atoms with Gasteiger partial charge in [0, 0.05) is 24.0 Å². The molecule has 0 saturated carbocycles. The molecule has 1 aliphatic rings. The number of aromatic amines is 1. The molecule has 1 aliphatic heterocycles. The average Bonchev–Trinajstić information content (AvgIpc) is 2.96. The lowest BCUT2D eigenvalue weighted by Crippen LogP contribution is -2.46. The predicted octanol–water partition coefficient (Wildman–Crippen LogP) is 1.49. The summed E-state index contributed by atoms with van der Waals surface area (Å²) in [6.45, 7) is 1.08. The number of carboxylic acid groups (broad SMARTS) is 1. The highest BCUT2D eigenvalue weighted by Crippen LogP contribution is 2.22. The number of rotatable bonds is 4. The second-order valence-corrected chi connectivity index (χ2v) is 5.48. The van der Waals surface area contributed by atoms with Crippen LogP contribution in [0.2, 0.25) is 0 Å². The number of fused-ring (bicyclic) bond motifs is 1. The van der Waals surface area contributed by atoms with E-state index in [0.717, 1.165) is 16.7 Å². The number of methoxy groups -OCH3 is 1. The molecular weight excluding hydrogens is 300 g/mol. The van der Waals surface area contributed by atoms with Crippen molar-refractivity contribution in [2.24, 2.45) is 0 Å². The molecule has 23 heavy (non-hydrogen) atoms. The van der Waals surface area contributed by atoms with Crippen molar-refractivity contribution >= 4 is 22.8 Å². The third-order valence-corrected chi connectivity index (χ3v) is 3.89. The van der Waals surface area contributed by atoms with Crippen LogP contribution < -0.4 is 4.74 Å². The molecule has 0 spiro atoms. The number of hydrogen-bond acceptors (Lipinski definition) is 4. The number of nitrogens with one attached hydrogen (secondary N) is 1. The zero-order valence-corrected chi connectivity index (χ0v) is 12.7. The van der Waals surface area contributed by atoms with Gasteiger partial charge in [-0.1, -0.05) is 0 Å². The van der Waals surface area contributed by atoms with E-state index in [1.165, 1.54) is 0 Å². The minimum absolute atomic E-state index is 0.103. The maximum Gasteiger partial charge on any atom is 0.306 e. The molecule has 1 unspecified atom stereocenters. The Kier molecular flexibility index (Phi) is 4.20. The lowest BCUT2D eigenvalue weighted by Gasteiger charge is -2.32. The Morgan fingerprint density at radius 2 is 2.26 bits per heavy atom. The Bertz CT molecular complexity index is 739. The number of aliphatic carboxylic acids is 1. The minimum atomic E-state index is -0.929. The van der Waals surface area contributed by atoms with Crippen molar-refractivity contribution < 1.29 is 24.2 Å². The smallest absolute Gasteiger partial charge is 0.306 e. The molecular formula is C16H18N2O5. The number of benzene rings is 1. The van der Waals surface area contributed by atoms with Gasteiger partial charge in [0.15, 0.2) is 0 Å². The fraction of sp³-hybridized carbons (Fsp3) is 0.375. The summed E-state index contributed by atoms with van der Waals surface area (Å²) in [5, 5.41) is 9.74. The number of ether oxygens (including phenoxy) is 2. The minimum Gasteiger partial charge on any atom is -0.497 e. The maximum atomic E-state index is 12.6. The van der Waals surface area contributed by atoms with E-state index in [1.807, 2.05) is 18.2 Å². The first-order valence-corrected chi connectivity index (χ1v) is 7.36. The molecule has 1 amide bonds. The van der Waals surface area contributed by atoms with Gasteiger partial charge in [-0.15, -0.1) is 0 Å². The first kappa shape index (κ1) is 15.4. The van der Waals surface area contributed by atoms with Gasteiger partial charge in [-0.2, -0.15) is 0 Å². The fourth-order valence-electron chi connectivity index (χ4n) is 2.75. The number of aromatic nitrogens is 1. The Morgan fingerprint density at radius 1 is 1.43 bits per heavy atom. The summed E-state index contributed by atoms with van der Waals surface area (Å²) in [5.74, 6) is -0.357. The van der Waals surface area contributed by atoms with E-state index in [9.17, 15) is 9.59 Å². The summed E-state index contributed by atoms with van der Waals surface area (Å²) < 4.78 is 10.6. The molecule has 0 radical (unpaired) electrons. The molecule has 1 atom stereocenters. The molecule has 2 heterocycles. The maximum absolute atomic E-state index is 12.6. The number of morpholine rings is 1. The number of nitrogens with zero attached hydrogens (tertiary/aromatic N) is 1. The van der Waals surface area contributed by atoms with Crippen LogP contribution in [-0.4, -0.2) is 59.8 Å². The van der Waals surface area contributed by atoms with Crippen LogP contribution in [0.5, 0.6) is 5.75 Å². The second-order valence-electron chi connectivity index (χ2n) is 5.48. The highest BCUT2D eigenvalue weighted by atomic mass is 16.5. The van der Waals surface area contributed by atoms with Gasteiger partial charge in [0.1, 0.15) is 11.4 Å². The van der Waals surface area contributed by atoms with E-state index in [4.69, 9.17) is 14.6 Å². The molecule has 0 aliphatic carbocycles. The molecule has 2 aromatic rings. The van der Waals surface area contributed by atoms with Crippen LogP contribution in [0, 0.1) is 0 Å². The first-order chi connectivity index (χ1) is 11.1. The van der Waals surface area contributed by atoms with Crippen molar-refractivity contribution in [2.45, 2.75) is 12.5 Å². The number of carboxylic acids is 1. The zero-order chi connectivity index (χ0) is 16.4. The number of hydrogen-bond donors (Lipinski definition) is 2. The number of amides is 1. The lowest BCUT2D eigenvalue weighted by atomic mass is 10.2. The topological polar surface area (TPSA) is 91.9 Å². The monoisotopic (exact) mass is 318 g/mol. The van der Waals surface area contributed by atoms with E-state index in [-0.39, 0.29) is 18.9 Å². The Labute approximate surface area is 132 Å². The van der Waals surface area contributed by atoms with Crippen LogP contribution in [-0.2, 0) is 9.53 Å². The summed E-state index contributed by atoms with van der Waals surface area (Å²) in [6.07, 6.45) is -0.567. The zero-order valence-electron chi connectivity index (χ0n) is 12.7. The molecule has 1 fully saturated rings. The molecule has 1 aromatic carbocycles. The number of carbonyl (C=O) groups excluding carboxylic acids is 1. The van der Waals surface area contributed by atoms with Crippen molar-refractivity contribution in [3.05, 3.63) is 30.0 Å². The van der Waals surface area contributed by atoms with Gasteiger partial charge in [-0.25, -0.2) is 0 Å². The largest absolute Gasteiger partial charge is 0.497 e. The first-order valence-electron chi connectivity index (χ1n) is 7.36. The van der Waals surface area contributed by atoms with E-state index in [2.05, 4.69) is 4.98 Å². The molecule has 7 heteroatoms.